The van der Waals surface area contributed by atoms with Gasteiger partial charge in [-0.15, -0.1) is 0 Å². The molecular formula is C21H26FN. The monoisotopic (exact) mass is 311 g/mol. The van der Waals surface area contributed by atoms with Crippen molar-refractivity contribution in [3.63, 3.8) is 0 Å². The maximum atomic E-state index is 14.0. The first-order valence-electron chi connectivity index (χ1n) is 8.74. The second kappa shape index (κ2) is 7.27. The van der Waals surface area contributed by atoms with E-state index in [0.29, 0.717) is 12.8 Å². The van der Waals surface area contributed by atoms with Crippen LogP contribution in [0.1, 0.15) is 42.9 Å². The van der Waals surface area contributed by atoms with E-state index < -0.39 is 5.67 Å². The number of aryl methyl sites for hydroxylation is 1. The molecule has 2 aromatic carbocycles. The van der Waals surface area contributed by atoms with Crippen molar-refractivity contribution in [2.24, 2.45) is 0 Å². The maximum Gasteiger partial charge on any atom is 0.136 e. The Morgan fingerprint density at radius 2 is 1.65 bits per heavy atom. The molecule has 0 unspecified atom stereocenters. The Morgan fingerprint density at radius 3 is 2.26 bits per heavy atom. The summed E-state index contributed by atoms with van der Waals surface area (Å²) in [6, 6.07) is 18.8. The summed E-state index contributed by atoms with van der Waals surface area (Å²) < 4.78 is 14.0. The maximum absolute atomic E-state index is 14.0. The molecule has 2 heteroatoms. The van der Waals surface area contributed by atoms with Crippen LogP contribution in [-0.4, -0.2) is 18.0 Å². The Kier molecular flexibility index (Phi) is 5.12. The van der Waals surface area contributed by atoms with Gasteiger partial charge in [0.1, 0.15) is 5.67 Å². The molecule has 1 saturated carbocycles. The van der Waals surface area contributed by atoms with Gasteiger partial charge in [0.05, 0.1) is 0 Å². The highest BCUT2D eigenvalue weighted by Crippen LogP contribution is 2.49. The van der Waals surface area contributed by atoms with E-state index in [-0.39, 0.29) is 0 Å². The van der Waals surface area contributed by atoms with Crippen LogP contribution in [0.25, 0.3) is 0 Å². The van der Waals surface area contributed by atoms with Crippen LogP contribution in [0.2, 0.25) is 0 Å². The second-order valence-electron chi connectivity index (χ2n) is 6.62. The van der Waals surface area contributed by atoms with Crippen LogP contribution in [0.4, 0.5) is 4.39 Å². The van der Waals surface area contributed by atoms with Crippen molar-refractivity contribution in [3.05, 3.63) is 71.3 Å². The first kappa shape index (κ1) is 16.2. The molecule has 0 spiro atoms. The summed E-state index contributed by atoms with van der Waals surface area (Å²) in [5, 5.41) is 0. The van der Waals surface area contributed by atoms with Crippen LogP contribution < -0.4 is 0 Å². The fourth-order valence-corrected chi connectivity index (χ4v) is 3.07. The SMILES string of the molecule is CCN(CCCc1ccc(C2(F)CC2)cc1)Cc1ccccc1. The summed E-state index contributed by atoms with van der Waals surface area (Å²) in [5.74, 6) is 0. The predicted octanol–water partition coefficient (Wildman–Crippen LogP) is 5.10. The predicted molar refractivity (Wildman–Crippen MR) is 94.2 cm³/mol. The van der Waals surface area contributed by atoms with E-state index in [4.69, 9.17) is 0 Å². The number of hydrogen-bond donors (Lipinski definition) is 0. The third-order valence-corrected chi connectivity index (χ3v) is 4.80. The molecule has 0 radical (unpaired) electrons. The van der Waals surface area contributed by atoms with Gasteiger partial charge in [0.2, 0.25) is 0 Å². The molecule has 0 aliphatic heterocycles. The van der Waals surface area contributed by atoms with Crippen LogP contribution in [0.15, 0.2) is 54.6 Å². The molecular weight excluding hydrogens is 285 g/mol. The highest BCUT2D eigenvalue weighted by molar-refractivity contribution is 5.30. The second-order valence-corrected chi connectivity index (χ2v) is 6.62. The third kappa shape index (κ3) is 4.42. The molecule has 0 bridgehead atoms. The molecule has 0 saturated heterocycles. The summed E-state index contributed by atoms with van der Waals surface area (Å²) in [6.45, 7) is 5.40. The standard InChI is InChI=1S/C21H26FN/c1-2-23(17-19-7-4-3-5-8-19)16-6-9-18-10-12-20(13-11-18)21(22)14-15-21/h3-5,7-8,10-13H,2,6,9,14-17H2,1H3. The fraction of sp³-hybridized carbons (Fsp3) is 0.429. The molecule has 122 valence electrons. The van der Waals surface area contributed by atoms with Gasteiger partial charge in [0.15, 0.2) is 0 Å². The molecule has 1 aliphatic rings. The van der Waals surface area contributed by atoms with Crippen molar-refractivity contribution >= 4 is 0 Å². The van der Waals surface area contributed by atoms with E-state index in [0.717, 1.165) is 38.0 Å². The number of hydrogen-bond acceptors (Lipinski definition) is 1. The minimum absolute atomic E-state index is 0.692. The highest BCUT2D eigenvalue weighted by Gasteiger charge is 2.44. The van der Waals surface area contributed by atoms with Gasteiger partial charge in [-0.2, -0.15) is 0 Å². The first-order valence-corrected chi connectivity index (χ1v) is 8.74. The number of benzene rings is 2. The number of rotatable bonds is 8. The molecule has 1 aliphatic carbocycles. The summed E-state index contributed by atoms with van der Waals surface area (Å²) in [6.07, 6.45) is 3.58. The van der Waals surface area contributed by atoms with Crippen molar-refractivity contribution < 1.29 is 4.39 Å². The molecule has 0 N–H and O–H groups in total. The largest absolute Gasteiger partial charge is 0.299 e. The number of nitrogens with zero attached hydrogens (tertiary/aromatic N) is 1. The Morgan fingerprint density at radius 1 is 0.957 bits per heavy atom. The topological polar surface area (TPSA) is 3.24 Å². The molecule has 0 heterocycles. The average molecular weight is 311 g/mol. The molecule has 3 rings (SSSR count). The lowest BCUT2D eigenvalue weighted by molar-refractivity contribution is 0.276. The van der Waals surface area contributed by atoms with Gasteiger partial charge in [0, 0.05) is 6.54 Å². The zero-order valence-electron chi connectivity index (χ0n) is 14.0. The Hall–Kier alpha value is -1.67. The Bertz CT molecular complexity index is 601. The molecule has 2 aromatic rings. The van der Waals surface area contributed by atoms with Gasteiger partial charge in [-0.25, -0.2) is 4.39 Å². The number of halogens is 1. The normalized spacial score (nSPS) is 15.8. The van der Waals surface area contributed by atoms with Gasteiger partial charge in [-0.3, -0.25) is 4.90 Å². The lowest BCUT2D eigenvalue weighted by Gasteiger charge is -2.20. The zero-order chi connectivity index (χ0) is 16.1. The summed E-state index contributed by atoms with van der Waals surface area (Å²) in [5.41, 5.74) is 2.54. The van der Waals surface area contributed by atoms with Gasteiger partial charge >= 0.3 is 0 Å². The minimum atomic E-state index is -1.01. The Balaban J connectivity index is 1.46. The zero-order valence-corrected chi connectivity index (χ0v) is 14.0. The van der Waals surface area contributed by atoms with E-state index in [1.165, 1.54) is 11.1 Å². The summed E-state index contributed by atoms with van der Waals surface area (Å²) in [7, 11) is 0. The summed E-state index contributed by atoms with van der Waals surface area (Å²) >= 11 is 0. The smallest absolute Gasteiger partial charge is 0.136 e. The van der Waals surface area contributed by atoms with E-state index in [1.54, 1.807) is 0 Å². The van der Waals surface area contributed by atoms with Crippen LogP contribution in [0.3, 0.4) is 0 Å². The van der Waals surface area contributed by atoms with Crippen molar-refractivity contribution in [1.29, 1.82) is 0 Å². The van der Waals surface area contributed by atoms with E-state index in [2.05, 4.69) is 54.3 Å². The Labute approximate surface area is 139 Å². The average Bonchev–Trinajstić information content (AvgIpc) is 3.34. The van der Waals surface area contributed by atoms with Crippen molar-refractivity contribution in [3.8, 4) is 0 Å². The summed E-state index contributed by atoms with van der Waals surface area (Å²) in [4.78, 5) is 2.48. The minimum Gasteiger partial charge on any atom is -0.299 e. The van der Waals surface area contributed by atoms with Gasteiger partial charge in [-0.05, 0) is 55.5 Å². The van der Waals surface area contributed by atoms with Crippen molar-refractivity contribution in [1.82, 2.24) is 4.90 Å². The fourth-order valence-electron chi connectivity index (χ4n) is 3.07. The molecule has 0 amide bonds. The van der Waals surface area contributed by atoms with E-state index >= 15 is 0 Å². The molecule has 0 aromatic heterocycles. The van der Waals surface area contributed by atoms with Crippen molar-refractivity contribution in [2.45, 2.75) is 44.8 Å². The van der Waals surface area contributed by atoms with Crippen LogP contribution >= 0.6 is 0 Å². The van der Waals surface area contributed by atoms with Crippen LogP contribution in [0.5, 0.6) is 0 Å². The van der Waals surface area contributed by atoms with Crippen molar-refractivity contribution in [2.75, 3.05) is 13.1 Å². The van der Waals surface area contributed by atoms with Gasteiger partial charge < -0.3 is 0 Å². The van der Waals surface area contributed by atoms with Gasteiger partial charge in [-0.1, -0.05) is 61.5 Å². The van der Waals surface area contributed by atoms with Crippen LogP contribution in [-0.2, 0) is 18.6 Å². The quantitative estimate of drug-likeness (QED) is 0.655. The van der Waals surface area contributed by atoms with E-state index in [9.17, 15) is 4.39 Å². The first-order chi connectivity index (χ1) is 11.2. The lowest BCUT2D eigenvalue weighted by atomic mass is 10.0. The third-order valence-electron chi connectivity index (χ3n) is 4.80. The van der Waals surface area contributed by atoms with Crippen LogP contribution in [0, 0.1) is 0 Å². The van der Waals surface area contributed by atoms with Gasteiger partial charge in [0.25, 0.3) is 0 Å². The van der Waals surface area contributed by atoms with E-state index in [1.807, 2.05) is 12.1 Å². The highest BCUT2D eigenvalue weighted by atomic mass is 19.1. The number of alkyl halides is 1. The lowest BCUT2D eigenvalue weighted by Crippen LogP contribution is -2.24. The molecule has 23 heavy (non-hydrogen) atoms. The molecule has 1 fully saturated rings. The molecule has 0 atom stereocenters. The molecule has 1 nitrogen and oxygen atoms in total.